The maximum Gasteiger partial charge on any atom is 0.412 e. The van der Waals surface area contributed by atoms with Gasteiger partial charge in [-0.1, -0.05) is 19.1 Å². The lowest BCUT2D eigenvalue weighted by molar-refractivity contribution is -0.120. The van der Waals surface area contributed by atoms with Crippen molar-refractivity contribution in [2.24, 2.45) is 0 Å². The molecule has 0 saturated carbocycles. The van der Waals surface area contributed by atoms with E-state index in [2.05, 4.69) is 10.6 Å². The van der Waals surface area contributed by atoms with Gasteiger partial charge in [0.15, 0.2) is 0 Å². The van der Waals surface area contributed by atoms with Crippen LogP contribution < -0.4 is 10.6 Å². The summed E-state index contributed by atoms with van der Waals surface area (Å²) in [5.41, 5.74) is 0.424. The van der Waals surface area contributed by atoms with Crippen LogP contribution in [0, 0.1) is 0 Å². The Balaban J connectivity index is 2.60. The lowest BCUT2D eigenvalue weighted by atomic mass is 10.1. The Labute approximate surface area is 137 Å². The average molecular weight is 322 g/mol. The SMILES string of the molecule is CCC(=O)NCCCc1cccc(NC(=O)OC(C)(C)C)c1O. The summed E-state index contributed by atoms with van der Waals surface area (Å²) in [6, 6.07) is 5.16. The molecule has 0 atom stereocenters. The summed E-state index contributed by atoms with van der Waals surface area (Å²) in [5, 5.41) is 15.6. The molecule has 0 radical (unpaired) electrons. The molecule has 0 aliphatic heterocycles. The number of hydrogen-bond donors (Lipinski definition) is 3. The molecule has 1 aromatic rings. The summed E-state index contributed by atoms with van der Waals surface area (Å²) in [7, 11) is 0. The first kappa shape index (κ1) is 18.8. The summed E-state index contributed by atoms with van der Waals surface area (Å²) in [5.74, 6) is 0.0368. The quantitative estimate of drug-likeness (QED) is 0.554. The second-order valence-electron chi connectivity index (χ2n) is 6.25. The predicted molar refractivity (Wildman–Crippen MR) is 89.6 cm³/mol. The van der Waals surface area contributed by atoms with Gasteiger partial charge in [-0.2, -0.15) is 0 Å². The topological polar surface area (TPSA) is 87.7 Å². The first-order valence-electron chi connectivity index (χ1n) is 7.80. The molecule has 2 amide bonds. The zero-order chi connectivity index (χ0) is 17.5. The number of benzene rings is 1. The molecule has 0 aliphatic carbocycles. The molecule has 0 aliphatic rings. The molecule has 0 saturated heterocycles. The molecule has 6 nitrogen and oxygen atoms in total. The molecule has 1 rings (SSSR count). The van der Waals surface area contributed by atoms with Crippen LogP contribution in [-0.2, 0) is 16.0 Å². The Kier molecular flexibility index (Phi) is 6.88. The third kappa shape index (κ3) is 7.04. The van der Waals surface area contributed by atoms with E-state index in [-0.39, 0.29) is 11.7 Å². The van der Waals surface area contributed by atoms with Gasteiger partial charge in [0.1, 0.15) is 11.4 Å². The number of ether oxygens (including phenoxy) is 1. The van der Waals surface area contributed by atoms with E-state index in [4.69, 9.17) is 4.74 Å². The highest BCUT2D eigenvalue weighted by atomic mass is 16.6. The highest BCUT2D eigenvalue weighted by Gasteiger charge is 2.17. The van der Waals surface area contributed by atoms with Crippen LogP contribution in [0.25, 0.3) is 0 Å². The van der Waals surface area contributed by atoms with Gasteiger partial charge in [-0.3, -0.25) is 10.1 Å². The van der Waals surface area contributed by atoms with Gasteiger partial charge in [-0.25, -0.2) is 4.79 Å². The number of nitrogens with one attached hydrogen (secondary N) is 2. The third-order valence-corrected chi connectivity index (χ3v) is 3.02. The van der Waals surface area contributed by atoms with Crippen molar-refractivity contribution in [3.8, 4) is 5.75 Å². The van der Waals surface area contributed by atoms with E-state index in [1.807, 2.05) is 0 Å². The number of para-hydroxylation sites is 1. The van der Waals surface area contributed by atoms with Crippen LogP contribution in [0.2, 0.25) is 0 Å². The van der Waals surface area contributed by atoms with Crippen LogP contribution in [0.3, 0.4) is 0 Å². The Morgan fingerprint density at radius 2 is 1.96 bits per heavy atom. The molecule has 0 bridgehead atoms. The van der Waals surface area contributed by atoms with Crippen LogP contribution in [0.4, 0.5) is 10.5 Å². The van der Waals surface area contributed by atoms with Crippen molar-refractivity contribution >= 4 is 17.7 Å². The molecule has 0 spiro atoms. The molecule has 3 N–H and O–H groups in total. The molecule has 0 heterocycles. The van der Waals surface area contributed by atoms with Gasteiger partial charge in [0.05, 0.1) is 5.69 Å². The summed E-state index contributed by atoms with van der Waals surface area (Å²) in [6.45, 7) is 7.66. The molecule has 1 aromatic carbocycles. The number of aromatic hydroxyl groups is 1. The maximum absolute atomic E-state index is 11.8. The number of anilines is 1. The fourth-order valence-electron chi connectivity index (χ4n) is 1.94. The van der Waals surface area contributed by atoms with E-state index in [1.54, 1.807) is 45.9 Å². The van der Waals surface area contributed by atoms with Gasteiger partial charge in [0, 0.05) is 13.0 Å². The van der Waals surface area contributed by atoms with E-state index < -0.39 is 11.7 Å². The highest BCUT2D eigenvalue weighted by Crippen LogP contribution is 2.28. The van der Waals surface area contributed by atoms with E-state index in [0.717, 1.165) is 0 Å². The minimum absolute atomic E-state index is 0.00886. The van der Waals surface area contributed by atoms with Gasteiger partial charge in [-0.05, 0) is 45.2 Å². The number of aryl methyl sites for hydroxylation is 1. The van der Waals surface area contributed by atoms with Crippen molar-refractivity contribution in [1.82, 2.24) is 5.32 Å². The number of phenols is 1. The van der Waals surface area contributed by atoms with E-state index >= 15 is 0 Å². The smallest absolute Gasteiger partial charge is 0.412 e. The van der Waals surface area contributed by atoms with Crippen LogP contribution in [0.15, 0.2) is 18.2 Å². The van der Waals surface area contributed by atoms with Crippen molar-refractivity contribution in [3.63, 3.8) is 0 Å². The Morgan fingerprint density at radius 1 is 1.26 bits per heavy atom. The Bertz CT molecular complexity index is 550. The van der Waals surface area contributed by atoms with Crippen molar-refractivity contribution in [3.05, 3.63) is 23.8 Å². The summed E-state index contributed by atoms with van der Waals surface area (Å²) in [4.78, 5) is 22.9. The number of carbonyl (C=O) groups is 2. The largest absolute Gasteiger partial charge is 0.505 e. The number of carbonyl (C=O) groups excluding carboxylic acids is 2. The number of phenolic OH excluding ortho intramolecular Hbond substituents is 1. The van der Waals surface area contributed by atoms with Crippen molar-refractivity contribution in [1.29, 1.82) is 0 Å². The molecule has 0 aromatic heterocycles. The van der Waals surface area contributed by atoms with Gasteiger partial charge in [0.2, 0.25) is 5.91 Å². The molecular formula is C17H26N2O4. The monoisotopic (exact) mass is 322 g/mol. The van der Waals surface area contributed by atoms with Crippen LogP contribution in [0.1, 0.15) is 46.1 Å². The van der Waals surface area contributed by atoms with Crippen LogP contribution in [-0.4, -0.2) is 29.3 Å². The minimum atomic E-state index is -0.611. The number of rotatable bonds is 6. The summed E-state index contributed by atoms with van der Waals surface area (Å²) < 4.78 is 5.17. The zero-order valence-electron chi connectivity index (χ0n) is 14.2. The molecule has 6 heteroatoms. The second-order valence-corrected chi connectivity index (χ2v) is 6.25. The van der Waals surface area contributed by atoms with Gasteiger partial charge >= 0.3 is 6.09 Å². The fourth-order valence-corrected chi connectivity index (χ4v) is 1.94. The first-order chi connectivity index (χ1) is 10.7. The van der Waals surface area contributed by atoms with Crippen molar-refractivity contribution in [2.45, 2.75) is 52.6 Å². The van der Waals surface area contributed by atoms with Crippen LogP contribution >= 0.6 is 0 Å². The highest BCUT2D eigenvalue weighted by molar-refractivity contribution is 5.87. The maximum atomic E-state index is 11.8. The van der Waals surface area contributed by atoms with Gasteiger partial charge < -0.3 is 15.2 Å². The van der Waals surface area contributed by atoms with Gasteiger partial charge in [0.25, 0.3) is 0 Å². The van der Waals surface area contributed by atoms with Crippen molar-refractivity contribution in [2.75, 3.05) is 11.9 Å². The lowest BCUT2D eigenvalue weighted by Crippen LogP contribution is -2.27. The zero-order valence-corrected chi connectivity index (χ0v) is 14.2. The Morgan fingerprint density at radius 3 is 2.57 bits per heavy atom. The van der Waals surface area contributed by atoms with E-state index in [1.165, 1.54) is 0 Å². The molecule has 128 valence electrons. The third-order valence-electron chi connectivity index (χ3n) is 3.02. The summed E-state index contributed by atoms with van der Waals surface area (Å²) >= 11 is 0. The number of hydrogen-bond acceptors (Lipinski definition) is 4. The predicted octanol–water partition coefficient (Wildman–Crippen LogP) is 3.20. The number of amides is 2. The molecule has 0 unspecified atom stereocenters. The van der Waals surface area contributed by atoms with Crippen molar-refractivity contribution < 1.29 is 19.4 Å². The molecule has 23 heavy (non-hydrogen) atoms. The first-order valence-corrected chi connectivity index (χ1v) is 7.80. The van der Waals surface area contributed by atoms with Gasteiger partial charge in [-0.15, -0.1) is 0 Å². The second kappa shape index (κ2) is 8.41. The average Bonchev–Trinajstić information content (AvgIpc) is 2.44. The Hall–Kier alpha value is -2.24. The van der Waals surface area contributed by atoms with E-state index in [0.29, 0.717) is 37.1 Å². The minimum Gasteiger partial charge on any atom is -0.505 e. The summed E-state index contributed by atoms with van der Waals surface area (Å²) in [6.07, 6.45) is 1.15. The molecule has 0 fully saturated rings. The molecular weight excluding hydrogens is 296 g/mol. The lowest BCUT2D eigenvalue weighted by Gasteiger charge is -2.20. The van der Waals surface area contributed by atoms with Crippen LogP contribution in [0.5, 0.6) is 5.75 Å². The fraction of sp³-hybridized carbons (Fsp3) is 0.529. The normalized spacial score (nSPS) is 11.0. The standard InChI is InChI=1S/C17H26N2O4/c1-5-14(20)18-11-7-9-12-8-6-10-13(15(12)21)19-16(22)23-17(2,3)4/h6,8,10,21H,5,7,9,11H2,1-4H3,(H,18,20)(H,19,22). The van der Waals surface area contributed by atoms with E-state index in [9.17, 15) is 14.7 Å².